The van der Waals surface area contributed by atoms with E-state index in [1.54, 1.807) is 18.2 Å². The van der Waals surface area contributed by atoms with Crippen molar-refractivity contribution in [3.63, 3.8) is 0 Å². The fraction of sp³-hybridized carbons (Fsp3) is 0.562. The second kappa shape index (κ2) is 12.9. The first kappa shape index (κ1) is 25.6. The summed E-state index contributed by atoms with van der Waals surface area (Å²) in [6.07, 6.45) is -4.25. The zero-order valence-electron chi connectivity index (χ0n) is 15.0. The van der Waals surface area contributed by atoms with Crippen LogP contribution in [0.15, 0.2) is 29.3 Å². The van der Waals surface area contributed by atoms with Gasteiger partial charge in [-0.05, 0) is 20.0 Å². The second-order valence-corrected chi connectivity index (χ2v) is 5.46. The Bertz CT molecular complexity index is 572. The van der Waals surface area contributed by atoms with E-state index >= 15 is 0 Å². The summed E-state index contributed by atoms with van der Waals surface area (Å²) in [6.45, 7) is -1.07. The van der Waals surface area contributed by atoms with Gasteiger partial charge in [0.15, 0.2) is 5.96 Å². The van der Waals surface area contributed by atoms with E-state index in [9.17, 15) is 22.0 Å². The number of hydrogen-bond donors (Lipinski definition) is 2. The van der Waals surface area contributed by atoms with Crippen LogP contribution in [-0.4, -0.2) is 56.9 Å². The average Bonchev–Trinajstić information content (AvgIpc) is 2.51. The molecule has 0 radical (unpaired) electrons. The van der Waals surface area contributed by atoms with E-state index < -0.39 is 19.3 Å². The molecule has 5 nitrogen and oxygen atoms in total. The minimum atomic E-state index is -4.25. The molecule has 0 atom stereocenters. The van der Waals surface area contributed by atoms with Crippen molar-refractivity contribution in [2.45, 2.75) is 26.3 Å². The first-order chi connectivity index (χ1) is 12.2. The molecule has 27 heavy (non-hydrogen) atoms. The van der Waals surface area contributed by atoms with Crippen LogP contribution in [0, 0.1) is 0 Å². The summed E-state index contributed by atoms with van der Waals surface area (Å²) in [4.78, 5) is 5.39. The molecule has 0 aliphatic carbocycles. The summed E-state index contributed by atoms with van der Waals surface area (Å²) in [5, 5.41) is 5.85. The number of nitrogens with one attached hydrogen (secondary N) is 2. The Balaban J connectivity index is 0.00000676. The molecule has 0 fully saturated rings. The monoisotopic (exact) mass is 510 g/mol. The summed E-state index contributed by atoms with van der Waals surface area (Å²) in [5.41, 5.74) is 0.471. The zero-order chi connectivity index (χ0) is 19.6. The van der Waals surface area contributed by atoms with Gasteiger partial charge in [-0.1, -0.05) is 18.2 Å². The lowest BCUT2D eigenvalue weighted by Gasteiger charge is -2.19. The molecule has 0 saturated heterocycles. The highest BCUT2D eigenvalue weighted by molar-refractivity contribution is 14.0. The smallest absolute Gasteiger partial charge is 0.401 e. The standard InChI is InChI=1S/C16H23F5N4O.HI/c1-3-22-15(23-8-9-25(2)11-16(19,20)21)24-10-12-6-4-5-7-13(12)26-14(17)18;/h4-7,14H,3,8-11H2,1-2H3,(H2,22,23,24);1H. The van der Waals surface area contributed by atoms with Gasteiger partial charge in [0.2, 0.25) is 0 Å². The Morgan fingerprint density at radius 2 is 1.89 bits per heavy atom. The van der Waals surface area contributed by atoms with E-state index in [-0.39, 0.29) is 49.4 Å². The highest BCUT2D eigenvalue weighted by Crippen LogP contribution is 2.21. The third-order valence-corrected chi connectivity index (χ3v) is 3.18. The van der Waals surface area contributed by atoms with Crippen molar-refractivity contribution in [3.05, 3.63) is 29.8 Å². The van der Waals surface area contributed by atoms with Crippen LogP contribution in [0.2, 0.25) is 0 Å². The van der Waals surface area contributed by atoms with Crippen molar-refractivity contribution in [1.82, 2.24) is 15.5 Å². The Morgan fingerprint density at radius 3 is 2.48 bits per heavy atom. The van der Waals surface area contributed by atoms with Crippen molar-refractivity contribution in [3.8, 4) is 5.75 Å². The van der Waals surface area contributed by atoms with Gasteiger partial charge in [-0.3, -0.25) is 4.90 Å². The lowest BCUT2D eigenvalue weighted by Crippen LogP contribution is -2.42. The average molecular weight is 510 g/mol. The van der Waals surface area contributed by atoms with E-state index in [2.05, 4.69) is 20.4 Å². The molecule has 1 aromatic rings. The zero-order valence-corrected chi connectivity index (χ0v) is 17.4. The van der Waals surface area contributed by atoms with E-state index in [1.165, 1.54) is 13.1 Å². The molecule has 2 N–H and O–H groups in total. The summed E-state index contributed by atoms with van der Waals surface area (Å²) in [7, 11) is 1.37. The molecule has 11 heteroatoms. The quantitative estimate of drug-likeness (QED) is 0.231. The second-order valence-electron chi connectivity index (χ2n) is 5.46. The highest BCUT2D eigenvalue weighted by Gasteiger charge is 2.28. The summed E-state index contributed by atoms with van der Waals surface area (Å²) in [6, 6.07) is 6.28. The van der Waals surface area contributed by atoms with Gasteiger partial charge < -0.3 is 15.4 Å². The third kappa shape index (κ3) is 11.8. The van der Waals surface area contributed by atoms with Crippen molar-refractivity contribution in [1.29, 1.82) is 0 Å². The number of aliphatic imine (C=N–C) groups is 1. The maximum atomic E-state index is 12.4. The predicted octanol–water partition coefficient (Wildman–Crippen LogP) is 3.46. The number of ether oxygens (including phenoxy) is 1. The fourth-order valence-electron chi connectivity index (χ4n) is 2.10. The van der Waals surface area contributed by atoms with Gasteiger partial charge in [-0.25, -0.2) is 4.99 Å². The molecule has 0 amide bonds. The Hall–Kier alpha value is -1.37. The summed E-state index contributed by atoms with van der Waals surface area (Å²) < 4.78 is 66.1. The fourth-order valence-corrected chi connectivity index (χ4v) is 2.10. The molecule has 0 unspecified atom stereocenters. The van der Waals surface area contributed by atoms with Crippen LogP contribution in [0.25, 0.3) is 0 Å². The minimum Gasteiger partial charge on any atom is -0.434 e. The van der Waals surface area contributed by atoms with Gasteiger partial charge >= 0.3 is 12.8 Å². The highest BCUT2D eigenvalue weighted by atomic mass is 127. The van der Waals surface area contributed by atoms with E-state index in [0.717, 1.165) is 4.90 Å². The Kier molecular flexibility index (Phi) is 12.3. The number of halogens is 6. The van der Waals surface area contributed by atoms with Crippen LogP contribution in [0.1, 0.15) is 12.5 Å². The normalized spacial score (nSPS) is 12.1. The van der Waals surface area contributed by atoms with E-state index in [1.807, 2.05) is 6.92 Å². The van der Waals surface area contributed by atoms with Gasteiger partial charge in [0, 0.05) is 25.2 Å². The molecular weight excluding hydrogens is 486 g/mol. The molecule has 1 rings (SSSR count). The predicted molar refractivity (Wildman–Crippen MR) is 105 cm³/mol. The van der Waals surface area contributed by atoms with Gasteiger partial charge in [0.1, 0.15) is 5.75 Å². The largest absolute Gasteiger partial charge is 0.434 e. The molecule has 0 heterocycles. The van der Waals surface area contributed by atoms with Crippen LogP contribution < -0.4 is 15.4 Å². The van der Waals surface area contributed by atoms with Gasteiger partial charge in [-0.2, -0.15) is 22.0 Å². The van der Waals surface area contributed by atoms with Crippen LogP contribution in [0.4, 0.5) is 22.0 Å². The van der Waals surface area contributed by atoms with Crippen molar-refractivity contribution < 1.29 is 26.7 Å². The number of para-hydroxylation sites is 1. The van der Waals surface area contributed by atoms with Crippen LogP contribution >= 0.6 is 24.0 Å². The maximum absolute atomic E-state index is 12.4. The molecule has 0 aromatic heterocycles. The molecule has 0 aliphatic rings. The van der Waals surface area contributed by atoms with Crippen LogP contribution in [0.3, 0.4) is 0 Å². The number of guanidine groups is 1. The van der Waals surface area contributed by atoms with Crippen LogP contribution in [0.5, 0.6) is 5.75 Å². The van der Waals surface area contributed by atoms with E-state index in [0.29, 0.717) is 18.1 Å². The topological polar surface area (TPSA) is 48.9 Å². The van der Waals surface area contributed by atoms with Crippen molar-refractivity contribution in [2.24, 2.45) is 4.99 Å². The number of rotatable bonds is 9. The number of likely N-dealkylation sites (N-methyl/N-ethyl adjacent to an activating group) is 1. The molecule has 1 aromatic carbocycles. The van der Waals surface area contributed by atoms with Crippen molar-refractivity contribution in [2.75, 3.05) is 33.2 Å². The molecule has 0 saturated carbocycles. The molecule has 0 aliphatic heterocycles. The van der Waals surface area contributed by atoms with E-state index in [4.69, 9.17) is 0 Å². The molecule has 0 bridgehead atoms. The molecular formula is C16H24F5IN4O. The number of benzene rings is 1. The summed E-state index contributed by atoms with van der Waals surface area (Å²) >= 11 is 0. The van der Waals surface area contributed by atoms with Crippen molar-refractivity contribution >= 4 is 29.9 Å². The number of hydrogen-bond acceptors (Lipinski definition) is 3. The first-order valence-corrected chi connectivity index (χ1v) is 8.01. The maximum Gasteiger partial charge on any atom is 0.401 e. The summed E-state index contributed by atoms with van der Waals surface area (Å²) in [5.74, 6) is 0.409. The lowest BCUT2D eigenvalue weighted by atomic mass is 10.2. The number of alkyl halides is 5. The Morgan fingerprint density at radius 1 is 1.22 bits per heavy atom. The van der Waals surface area contributed by atoms with Crippen LogP contribution in [-0.2, 0) is 6.54 Å². The lowest BCUT2D eigenvalue weighted by molar-refractivity contribution is -0.142. The molecule has 156 valence electrons. The third-order valence-electron chi connectivity index (χ3n) is 3.18. The molecule has 0 spiro atoms. The SMILES string of the molecule is CCNC(=NCc1ccccc1OC(F)F)NCCN(C)CC(F)(F)F.I. The Labute approximate surface area is 172 Å². The van der Waals surface area contributed by atoms with Gasteiger partial charge in [0.25, 0.3) is 0 Å². The van der Waals surface area contributed by atoms with Gasteiger partial charge in [0.05, 0.1) is 13.1 Å². The number of nitrogens with zero attached hydrogens (tertiary/aromatic N) is 2. The minimum absolute atomic E-state index is 0. The van der Waals surface area contributed by atoms with Gasteiger partial charge in [-0.15, -0.1) is 24.0 Å². The first-order valence-electron chi connectivity index (χ1n) is 8.01.